The molecule has 2 bridgehead atoms. The Labute approximate surface area is 171 Å². The van der Waals surface area contributed by atoms with E-state index in [0.717, 1.165) is 12.8 Å². The summed E-state index contributed by atoms with van der Waals surface area (Å²) in [7, 11) is 3.40. The van der Waals surface area contributed by atoms with Gasteiger partial charge in [0.25, 0.3) is 5.56 Å². The van der Waals surface area contributed by atoms with Gasteiger partial charge in [0.2, 0.25) is 0 Å². The number of hydrogen-bond donors (Lipinski definition) is 2. The molecule has 1 aromatic carbocycles. The summed E-state index contributed by atoms with van der Waals surface area (Å²) in [5.41, 5.74) is 0.504. The Kier molecular flexibility index (Phi) is 4.39. The van der Waals surface area contributed by atoms with Gasteiger partial charge in [0.1, 0.15) is 11.9 Å². The molecule has 2 aliphatic rings. The van der Waals surface area contributed by atoms with E-state index < -0.39 is 6.17 Å². The van der Waals surface area contributed by atoms with Gasteiger partial charge >= 0.3 is 0 Å². The van der Waals surface area contributed by atoms with Crippen LogP contribution in [0.15, 0.2) is 29.5 Å². The van der Waals surface area contributed by atoms with E-state index in [-0.39, 0.29) is 29.2 Å². The molecule has 4 atom stereocenters. The Morgan fingerprint density at radius 3 is 2.87 bits per heavy atom. The Morgan fingerprint density at radius 1 is 1.27 bits per heavy atom. The first-order valence-corrected chi connectivity index (χ1v) is 9.94. The molecule has 1 unspecified atom stereocenters. The Balaban J connectivity index is 1.44. The predicted molar refractivity (Wildman–Crippen MR) is 109 cm³/mol. The molecule has 3 aromatic rings. The minimum absolute atomic E-state index is 0.105. The molecule has 2 saturated heterocycles. The average Bonchev–Trinajstić information content (AvgIpc) is 3.17. The Bertz CT molecular complexity index is 1170. The highest BCUT2D eigenvalue weighted by molar-refractivity contribution is 5.85. The van der Waals surface area contributed by atoms with Gasteiger partial charge in [-0.25, -0.2) is 14.4 Å². The number of aromatic hydroxyl groups is 1. The number of hydrogen-bond acceptors (Lipinski definition) is 8. The lowest BCUT2D eigenvalue weighted by Crippen LogP contribution is -2.55. The number of aryl methyl sites for hydroxylation is 1. The van der Waals surface area contributed by atoms with Gasteiger partial charge in [0, 0.05) is 26.2 Å². The van der Waals surface area contributed by atoms with Gasteiger partial charge in [0.15, 0.2) is 11.6 Å². The number of fused-ring (bicyclic) bond motifs is 3. The van der Waals surface area contributed by atoms with Crippen LogP contribution < -0.4 is 15.8 Å². The maximum atomic E-state index is 14.8. The third-order valence-corrected chi connectivity index (χ3v) is 6.24. The van der Waals surface area contributed by atoms with Crippen molar-refractivity contribution in [2.45, 2.75) is 43.6 Å². The Morgan fingerprint density at radius 2 is 2.10 bits per heavy atom. The van der Waals surface area contributed by atoms with Gasteiger partial charge in [-0.05, 0) is 31.4 Å². The third-order valence-electron chi connectivity index (χ3n) is 6.24. The molecule has 0 amide bonds. The largest absolute Gasteiger partial charge is 0.507 e. The normalized spacial score (nSPS) is 25.6. The van der Waals surface area contributed by atoms with Crippen molar-refractivity contribution in [3.8, 4) is 17.1 Å². The number of phenolic OH excluding ortho intramolecular Hbond substituents is 1. The molecule has 30 heavy (non-hydrogen) atoms. The highest BCUT2D eigenvalue weighted by atomic mass is 19.1. The quantitative estimate of drug-likeness (QED) is 0.661. The highest BCUT2D eigenvalue weighted by Crippen LogP contribution is 2.33. The minimum Gasteiger partial charge on any atom is -0.507 e. The predicted octanol–water partition coefficient (Wildman–Crippen LogP) is 1.16. The maximum Gasteiger partial charge on any atom is 0.261 e. The molecular weight excluding hydrogens is 389 g/mol. The molecule has 2 aliphatic heterocycles. The number of piperidine rings is 1. The van der Waals surface area contributed by atoms with Crippen LogP contribution in [0.5, 0.6) is 5.75 Å². The van der Waals surface area contributed by atoms with Crippen molar-refractivity contribution < 1.29 is 9.50 Å². The summed E-state index contributed by atoms with van der Waals surface area (Å²) in [5, 5.41) is 22.4. The SMILES string of the molecule is CN(c1cnc(-c2cc3ncn(C)c(=O)c3cc2O)nn1)[C@H]1C[C@@H]2CCC(N2)[C@H]1F. The zero-order valence-electron chi connectivity index (χ0n) is 16.7. The fraction of sp³-hybridized carbons (Fsp3) is 0.450. The second-order valence-electron chi connectivity index (χ2n) is 8.09. The van der Waals surface area contributed by atoms with Crippen molar-refractivity contribution in [1.82, 2.24) is 30.0 Å². The van der Waals surface area contributed by atoms with Crippen LogP contribution in [0, 0.1) is 0 Å². The second kappa shape index (κ2) is 6.98. The monoisotopic (exact) mass is 411 g/mol. The summed E-state index contributed by atoms with van der Waals surface area (Å²) in [6, 6.07) is 2.88. The van der Waals surface area contributed by atoms with Crippen molar-refractivity contribution in [3.05, 3.63) is 35.0 Å². The van der Waals surface area contributed by atoms with Crippen LogP contribution in [0.25, 0.3) is 22.3 Å². The van der Waals surface area contributed by atoms with E-state index in [0.29, 0.717) is 34.7 Å². The first-order chi connectivity index (χ1) is 14.4. The number of rotatable bonds is 3. The molecule has 9 nitrogen and oxygen atoms in total. The zero-order valence-corrected chi connectivity index (χ0v) is 16.7. The van der Waals surface area contributed by atoms with E-state index in [9.17, 15) is 14.3 Å². The van der Waals surface area contributed by atoms with Crippen molar-refractivity contribution in [3.63, 3.8) is 0 Å². The molecule has 2 N–H and O–H groups in total. The van der Waals surface area contributed by atoms with E-state index >= 15 is 0 Å². The molecule has 0 radical (unpaired) electrons. The van der Waals surface area contributed by atoms with Gasteiger partial charge in [-0.15, -0.1) is 10.2 Å². The summed E-state index contributed by atoms with van der Waals surface area (Å²) in [6.07, 6.45) is 4.54. The number of phenols is 1. The standard InChI is InChI=1S/C20H22FN7O2/c1-27-9-23-14-6-12(16(29)7-11(14)20(27)30)19-22-8-17(25-26-19)28(2)15-5-10-3-4-13(24-10)18(15)21/h6-10,13,15,18,24,29H,3-5H2,1-2H3/t10-,13?,15-,18+/m0/s1. The fourth-order valence-corrected chi connectivity index (χ4v) is 4.50. The molecule has 4 heterocycles. The molecule has 10 heteroatoms. The Hall–Kier alpha value is -3.14. The zero-order chi connectivity index (χ0) is 21.0. The van der Waals surface area contributed by atoms with Crippen molar-refractivity contribution >= 4 is 16.7 Å². The van der Waals surface area contributed by atoms with Gasteiger partial charge in [-0.3, -0.25) is 4.79 Å². The van der Waals surface area contributed by atoms with E-state index in [2.05, 4.69) is 25.5 Å². The summed E-state index contributed by atoms with van der Waals surface area (Å²) in [6.45, 7) is 0. The molecule has 0 spiro atoms. The fourth-order valence-electron chi connectivity index (χ4n) is 4.50. The van der Waals surface area contributed by atoms with Crippen molar-refractivity contribution in [2.75, 3.05) is 11.9 Å². The third kappa shape index (κ3) is 2.98. The highest BCUT2D eigenvalue weighted by Gasteiger charge is 2.43. The summed E-state index contributed by atoms with van der Waals surface area (Å²) >= 11 is 0. The average molecular weight is 411 g/mol. The number of nitrogens with one attached hydrogen (secondary N) is 1. The van der Waals surface area contributed by atoms with Crippen LogP contribution in [-0.4, -0.2) is 61.2 Å². The van der Waals surface area contributed by atoms with Gasteiger partial charge in [-0.2, -0.15) is 0 Å². The van der Waals surface area contributed by atoms with Crippen LogP contribution in [0.3, 0.4) is 0 Å². The summed E-state index contributed by atoms with van der Waals surface area (Å²) in [4.78, 5) is 22.6. The maximum absolute atomic E-state index is 14.8. The molecule has 156 valence electrons. The van der Waals surface area contributed by atoms with Crippen molar-refractivity contribution in [1.29, 1.82) is 0 Å². The summed E-state index contributed by atoms with van der Waals surface area (Å²) < 4.78 is 16.2. The van der Waals surface area contributed by atoms with Crippen LogP contribution in [-0.2, 0) is 7.05 Å². The molecule has 5 rings (SSSR count). The number of aromatic nitrogens is 5. The topological polar surface area (TPSA) is 109 Å². The van der Waals surface area contributed by atoms with Gasteiger partial charge in [-0.1, -0.05) is 0 Å². The first-order valence-electron chi connectivity index (χ1n) is 9.94. The number of benzene rings is 1. The van der Waals surface area contributed by atoms with Crippen LogP contribution >= 0.6 is 0 Å². The van der Waals surface area contributed by atoms with E-state index in [1.54, 1.807) is 25.1 Å². The number of halogens is 1. The minimum atomic E-state index is -0.978. The summed E-state index contributed by atoms with van der Waals surface area (Å²) in [5.74, 6) is 0.547. The number of nitrogens with zero attached hydrogens (tertiary/aromatic N) is 6. The molecule has 0 aliphatic carbocycles. The van der Waals surface area contributed by atoms with Gasteiger partial charge in [0.05, 0.1) is 35.0 Å². The lowest BCUT2D eigenvalue weighted by atomic mass is 9.96. The molecule has 2 aromatic heterocycles. The van der Waals surface area contributed by atoms with Crippen LogP contribution in [0.1, 0.15) is 19.3 Å². The van der Waals surface area contributed by atoms with E-state index in [1.807, 2.05) is 0 Å². The smallest absolute Gasteiger partial charge is 0.261 e. The van der Waals surface area contributed by atoms with E-state index in [4.69, 9.17) is 0 Å². The second-order valence-corrected chi connectivity index (χ2v) is 8.09. The lowest BCUT2D eigenvalue weighted by Gasteiger charge is -2.38. The first kappa shape index (κ1) is 18.9. The van der Waals surface area contributed by atoms with Gasteiger partial charge < -0.3 is 19.9 Å². The lowest BCUT2D eigenvalue weighted by molar-refractivity contribution is 0.176. The van der Waals surface area contributed by atoms with Crippen LogP contribution in [0.4, 0.5) is 10.2 Å². The van der Waals surface area contributed by atoms with Crippen molar-refractivity contribution in [2.24, 2.45) is 7.05 Å². The van der Waals surface area contributed by atoms with E-state index in [1.165, 1.54) is 23.2 Å². The number of anilines is 1. The number of alkyl halides is 1. The molecular formula is C20H22FN7O2. The molecule has 2 fully saturated rings. The van der Waals surface area contributed by atoms with Crippen LogP contribution in [0.2, 0.25) is 0 Å². The molecule has 0 saturated carbocycles.